The Kier molecular flexibility index (Phi) is 4.80. The zero-order valence-corrected chi connectivity index (χ0v) is 12.5. The van der Waals surface area contributed by atoms with E-state index in [2.05, 4.69) is 20.6 Å². The third-order valence-corrected chi connectivity index (χ3v) is 4.58. The van der Waals surface area contributed by atoms with Crippen molar-refractivity contribution in [2.45, 2.75) is 56.9 Å². The summed E-state index contributed by atoms with van der Waals surface area (Å²) in [4.78, 5) is 21.1. The van der Waals surface area contributed by atoms with Crippen molar-refractivity contribution < 1.29 is 4.79 Å². The van der Waals surface area contributed by atoms with Gasteiger partial charge >= 0.3 is 0 Å². The van der Waals surface area contributed by atoms with Gasteiger partial charge in [-0.25, -0.2) is 4.98 Å². The highest BCUT2D eigenvalue weighted by Gasteiger charge is 2.20. The molecule has 0 spiro atoms. The molecule has 114 valence electrons. The van der Waals surface area contributed by atoms with E-state index < -0.39 is 0 Å². The molecule has 3 rings (SSSR count). The molecule has 5 heteroatoms. The molecular weight excluding hydrogens is 264 g/mol. The number of nitrogens with one attached hydrogen (secondary N) is 2. The maximum atomic E-state index is 12.3. The van der Waals surface area contributed by atoms with E-state index in [1.54, 1.807) is 6.20 Å². The molecule has 21 heavy (non-hydrogen) atoms. The minimum absolute atomic E-state index is 0.0646. The second-order valence-corrected chi connectivity index (χ2v) is 6.16. The van der Waals surface area contributed by atoms with E-state index in [1.165, 1.54) is 19.3 Å². The van der Waals surface area contributed by atoms with Crippen LogP contribution in [0.4, 0.5) is 0 Å². The van der Waals surface area contributed by atoms with Gasteiger partial charge in [-0.15, -0.1) is 0 Å². The number of carbonyl (C=O) groups is 1. The second-order valence-electron chi connectivity index (χ2n) is 6.16. The van der Waals surface area contributed by atoms with Crippen molar-refractivity contribution in [3.63, 3.8) is 0 Å². The predicted octanol–water partition coefficient (Wildman–Crippen LogP) is 2.01. The summed E-state index contributed by atoms with van der Waals surface area (Å²) in [6.45, 7) is 2.04. The molecule has 0 unspecified atom stereocenters. The molecule has 1 aromatic heterocycles. The lowest BCUT2D eigenvalue weighted by atomic mass is 9.94. The van der Waals surface area contributed by atoms with E-state index in [0.29, 0.717) is 17.7 Å². The van der Waals surface area contributed by atoms with Crippen LogP contribution in [0.2, 0.25) is 0 Å². The summed E-state index contributed by atoms with van der Waals surface area (Å²) < 4.78 is 0. The summed E-state index contributed by atoms with van der Waals surface area (Å²) in [6.07, 6.45) is 11.4. The lowest BCUT2D eigenvalue weighted by Gasteiger charge is -2.23. The number of hydrogen-bond acceptors (Lipinski definition) is 4. The van der Waals surface area contributed by atoms with Gasteiger partial charge in [0.15, 0.2) is 0 Å². The molecule has 2 fully saturated rings. The minimum Gasteiger partial charge on any atom is -0.348 e. The van der Waals surface area contributed by atoms with Crippen molar-refractivity contribution in [2.24, 2.45) is 0 Å². The molecule has 0 radical (unpaired) electrons. The molecule has 2 aliphatic rings. The predicted molar refractivity (Wildman–Crippen MR) is 81.2 cm³/mol. The average Bonchev–Trinajstić information content (AvgIpc) is 2.57. The summed E-state index contributed by atoms with van der Waals surface area (Å²) in [5.74, 6) is 0.367. The van der Waals surface area contributed by atoms with Crippen molar-refractivity contribution in [1.82, 2.24) is 20.6 Å². The Morgan fingerprint density at radius 1 is 1.10 bits per heavy atom. The number of piperidine rings is 1. The van der Waals surface area contributed by atoms with E-state index in [4.69, 9.17) is 0 Å². The summed E-state index contributed by atoms with van der Waals surface area (Å²) in [5, 5.41) is 6.46. The molecule has 0 bridgehead atoms. The number of nitrogens with zero attached hydrogens (tertiary/aromatic N) is 2. The van der Waals surface area contributed by atoms with E-state index in [-0.39, 0.29) is 5.91 Å². The lowest BCUT2D eigenvalue weighted by molar-refractivity contribution is 0.0922. The third-order valence-electron chi connectivity index (χ3n) is 4.58. The first-order valence-corrected chi connectivity index (χ1v) is 8.16. The molecule has 2 heterocycles. The Morgan fingerprint density at radius 3 is 2.62 bits per heavy atom. The molecule has 1 saturated heterocycles. The lowest BCUT2D eigenvalue weighted by Crippen LogP contribution is -2.36. The molecule has 0 atom stereocenters. The zero-order valence-electron chi connectivity index (χ0n) is 12.5. The van der Waals surface area contributed by atoms with Crippen molar-refractivity contribution in [3.05, 3.63) is 23.8 Å². The Morgan fingerprint density at radius 2 is 1.86 bits per heavy atom. The highest BCUT2D eigenvalue weighted by molar-refractivity contribution is 5.92. The van der Waals surface area contributed by atoms with Crippen LogP contribution in [0.5, 0.6) is 0 Å². The van der Waals surface area contributed by atoms with Crippen LogP contribution in [0.1, 0.15) is 67.0 Å². The third kappa shape index (κ3) is 3.79. The molecule has 1 aromatic rings. The number of rotatable bonds is 3. The summed E-state index contributed by atoms with van der Waals surface area (Å²) in [5.41, 5.74) is 1.43. The first-order chi connectivity index (χ1) is 10.3. The fourth-order valence-corrected chi connectivity index (χ4v) is 3.31. The molecule has 1 aliphatic carbocycles. The normalized spacial score (nSPS) is 21.1. The van der Waals surface area contributed by atoms with Gasteiger partial charge in [-0.1, -0.05) is 19.3 Å². The quantitative estimate of drug-likeness (QED) is 0.893. The van der Waals surface area contributed by atoms with Crippen molar-refractivity contribution in [1.29, 1.82) is 0 Å². The van der Waals surface area contributed by atoms with Gasteiger partial charge < -0.3 is 10.6 Å². The van der Waals surface area contributed by atoms with Gasteiger partial charge in [-0.05, 0) is 38.8 Å². The van der Waals surface area contributed by atoms with E-state index in [0.717, 1.165) is 44.5 Å². The molecule has 5 nitrogen and oxygen atoms in total. The van der Waals surface area contributed by atoms with Crippen LogP contribution >= 0.6 is 0 Å². The van der Waals surface area contributed by atoms with Crippen LogP contribution in [0.15, 0.2) is 12.4 Å². The van der Waals surface area contributed by atoms with Gasteiger partial charge in [0.1, 0.15) is 5.69 Å². The van der Waals surface area contributed by atoms with Crippen molar-refractivity contribution in [2.75, 3.05) is 13.1 Å². The highest BCUT2D eigenvalue weighted by atomic mass is 16.1. The van der Waals surface area contributed by atoms with Crippen LogP contribution in [0.3, 0.4) is 0 Å². The van der Waals surface area contributed by atoms with Crippen molar-refractivity contribution >= 4 is 5.91 Å². The molecule has 1 aliphatic heterocycles. The largest absolute Gasteiger partial charge is 0.348 e. The topological polar surface area (TPSA) is 66.9 Å². The van der Waals surface area contributed by atoms with Gasteiger partial charge in [-0.2, -0.15) is 0 Å². The Hall–Kier alpha value is -1.49. The van der Waals surface area contributed by atoms with Crippen LogP contribution in [0.25, 0.3) is 0 Å². The van der Waals surface area contributed by atoms with E-state index in [1.807, 2.05) is 6.20 Å². The number of hydrogen-bond donors (Lipinski definition) is 2. The molecule has 1 amide bonds. The van der Waals surface area contributed by atoms with Gasteiger partial charge in [0, 0.05) is 18.2 Å². The Labute approximate surface area is 125 Å². The van der Waals surface area contributed by atoms with Gasteiger partial charge in [0.25, 0.3) is 5.91 Å². The molecule has 1 saturated carbocycles. The fourth-order valence-electron chi connectivity index (χ4n) is 3.31. The maximum absolute atomic E-state index is 12.3. The monoisotopic (exact) mass is 288 g/mol. The summed E-state index contributed by atoms with van der Waals surface area (Å²) in [6, 6.07) is 0.315. The first kappa shape index (κ1) is 14.4. The van der Waals surface area contributed by atoms with Crippen LogP contribution in [-0.2, 0) is 0 Å². The van der Waals surface area contributed by atoms with Crippen LogP contribution in [-0.4, -0.2) is 35.0 Å². The van der Waals surface area contributed by atoms with Gasteiger partial charge in [-0.3, -0.25) is 9.78 Å². The Balaban J connectivity index is 1.65. The van der Waals surface area contributed by atoms with E-state index in [9.17, 15) is 4.79 Å². The van der Waals surface area contributed by atoms with Crippen molar-refractivity contribution in [3.8, 4) is 0 Å². The molecular formula is C16H24N4O. The SMILES string of the molecule is O=C(NC1CCCCC1)c1cncc(C2CCNCC2)n1. The van der Waals surface area contributed by atoms with Crippen LogP contribution < -0.4 is 10.6 Å². The summed E-state index contributed by atoms with van der Waals surface area (Å²) >= 11 is 0. The standard InChI is InChI=1S/C16H24N4O/c21-16(19-13-4-2-1-3-5-13)15-11-18-10-14(20-15)12-6-8-17-9-7-12/h10-13,17H,1-9H2,(H,19,21). The zero-order chi connectivity index (χ0) is 14.5. The smallest absolute Gasteiger partial charge is 0.271 e. The fraction of sp³-hybridized carbons (Fsp3) is 0.688. The number of aromatic nitrogens is 2. The maximum Gasteiger partial charge on any atom is 0.271 e. The van der Waals surface area contributed by atoms with Gasteiger partial charge in [0.05, 0.1) is 11.9 Å². The number of carbonyl (C=O) groups excluding carboxylic acids is 1. The Bertz CT molecular complexity index is 479. The molecule has 2 N–H and O–H groups in total. The van der Waals surface area contributed by atoms with Gasteiger partial charge in [0.2, 0.25) is 0 Å². The average molecular weight is 288 g/mol. The second kappa shape index (κ2) is 6.98. The number of amides is 1. The minimum atomic E-state index is -0.0646. The summed E-state index contributed by atoms with van der Waals surface area (Å²) in [7, 11) is 0. The van der Waals surface area contributed by atoms with E-state index >= 15 is 0 Å². The van der Waals surface area contributed by atoms with Crippen LogP contribution in [0, 0.1) is 0 Å². The first-order valence-electron chi connectivity index (χ1n) is 8.16. The highest BCUT2D eigenvalue weighted by Crippen LogP contribution is 2.23. The molecule has 0 aromatic carbocycles.